The number of rotatable bonds is 4. The quantitative estimate of drug-likeness (QED) is 0.795. The molecule has 82 valence electrons. The molecule has 1 atom stereocenters. The molecule has 1 unspecified atom stereocenters. The highest BCUT2D eigenvalue weighted by Crippen LogP contribution is 2.29. The third kappa shape index (κ3) is 2.63. The topological polar surface area (TPSA) is 49.7 Å². The first-order chi connectivity index (χ1) is 7.25. The van der Waals surface area contributed by atoms with Crippen LogP contribution in [0.5, 0.6) is 11.5 Å². The van der Waals surface area contributed by atoms with E-state index in [0.717, 1.165) is 12.8 Å². The third-order valence-electron chi connectivity index (χ3n) is 2.95. The number of hydrogen-bond donors (Lipinski definition) is 2. The summed E-state index contributed by atoms with van der Waals surface area (Å²) in [6.07, 6.45) is 3.09. The number of benzene rings is 1. The molecule has 0 aromatic heterocycles. The van der Waals surface area contributed by atoms with Crippen LogP contribution in [0.3, 0.4) is 0 Å². The van der Waals surface area contributed by atoms with Crippen molar-refractivity contribution in [2.45, 2.75) is 25.4 Å². The van der Waals surface area contributed by atoms with Crippen molar-refractivity contribution in [2.75, 3.05) is 6.61 Å². The van der Waals surface area contributed by atoms with Gasteiger partial charge < -0.3 is 14.9 Å². The van der Waals surface area contributed by atoms with Crippen LogP contribution < -0.4 is 4.74 Å². The van der Waals surface area contributed by atoms with Crippen LogP contribution in [0.2, 0.25) is 0 Å². The van der Waals surface area contributed by atoms with Gasteiger partial charge in [-0.1, -0.05) is 6.42 Å². The second-order valence-corrected chi connectivity index (χ2v) is 4.06. The molecule has 15 heavy (non-hydrogen) atoms. The van der Waals surface area contributed by atoms with Crippen molar-refractivity contribution in [1.29, 1.82) is 0 Å². The van der Waals surface area contributed by atoms with E-state index in [4.69, 9.17) is 9.84 Å². The molecule has 1 aromatic carbocycles. The molecular formula is C12H16O3. The number of aliphatic hydroxyl groups excluding tert-OH is 1. The molecule has 0 amide bonds. The maximum Gasteiger partial charge on any atom is 0.119 e. The van der Waals surface area contributed by atoms with Crippen molar-refractivity contribution in [3.05, 3.63) is 24.3 Å². The van der Waals surface area contributed by atoms with Crippen molar-refractivity contribution in [3.8, 4) is 11.5 Å². The van der Waals surface area contributed by atoms with Crippen LogP contribution in [-0.2, 0) is 0 Å². The SMILES string of the molecule is Oc1ccc(OCC(O)C2CCC2)cc1. The fourth-order valence-corrected chi connectivity index (χ4v) is 1.68. The van der Waals surface area contributed by atoms with Gasteiger partial charge in [0, 0.05) is 0 Å². The van der Waals surface area contributed by atoms with Gasteiger partial charge in [0.2, 0.25) is 0 Å². The van der Waals surface area contributed by atoms with E-state index in [0.29, 0.717) is 18.3 Å². The van der Waals surface area contributed by atoms with Crippen molar-refractivity contribution in [2.24, 2.45) is 5.92 Å². The van der Waals surface area contributed by atoms with Crippen LogP contribution in [0.4, 0.5) is 0 Å². The number of aliphatic hydroxyl groups is 1. The predicted octanol–water partition coefficient (Wildman–Crippen LogP) is 1.93. The van der Waals surface area contributed by atoms with E-state index in [1.54, 1.807) is 24.3 Å². The molecule has 0 heterocycles. The predicted molar refractivity (Wildman–Crippen MR) is 56.9 cm³/mol. The number of phenolic OH excluding ortho intramolecular Hbond substituents is 1. The van der Waals surface area contributed by atoms with E-state index >= 15 is 0 Å². The Bertz CT molecular complexity index is 303. The summed E-state index contributed by atoms with van der Waals surface area (Å²) in [6.45, 7) is 0.343. The highest BCUT2D eigenvalue weighted by atomic mass is 16.5. The highest BCUT2D eigenvalue weighted by Gasteiger charge is 2.25. The lowest BCUT2D eigenvalue weighted by atomic mass is 9.81. The number of phenols is 1. The zero-order valence-electron chi connectivity index (χ0n) is 8.60. The Balaban J connectivity index is 1.79. The van der Waals surface area contributed by atoms with Gasteiger partial charge >= 0.3 is 0 Å². The van der Waals surface area contributed by atoms with E-state index in [-0.39, 0.29) is 11.9 Å². The van der Waals surface area contributed by atoms with E-state index in [2.05, 4.69) is 0 Å². The van der Waals surface area contributed by atoms with E-state index in [1.165, 1.54) is 6.42 Å². The Labute approximate surface area is 89.3 Å². The molecule has 3 nitrogen and oxygen atoms in total. The largest absolute Gasteiger partial charge is 0.508 e. The summed E-state index contributed by atoms with van der Waals surface area (Å²) >= 11 is 0. The lowest BCUT2D eigenvalue weighted by Gasteiger charge is -2.30. The first-order valence-electron chi connectivity index (χ1n) is 5.35. The molecule has 1 aliphatic rings. The first kappa shape index (κ1) is 10.3. The summed E-state index contributed by atoms with van der Waals surface area (Å²) in [5, 5.41) is 18.8. The second-order valence-electron chi connectivity index (χ2n) is 4.06. The summed E-state index contributed by atoms with van der Waals surface area (Å²) in [5.74, 6) is 1.33. The Morgan fingerprint density at radius 2 is 1.93 bits per heavy atom. The third-order valence-corrected chi connectivity index (χ3v) is 2.95. The minimum absolute atomic E-state index is 0.224. The Morgan fingerprint density at radius 1 is 1.27 bits per heavy atom. The average molecular weight is 208 g/mol. The lowest BCUT2D eigenvalue weighted by Crippen LogP contribution is -2.31. The average Bonchev–Trinajstić information content (AvgIpc) is 2.14. The van der Waals surface area contributed by atoms with Crippen LogP contribution in [0, 0.1) is 5.92 Å². The first-order valence-corrected chi connectivity index (χ1v) is 5.35. The molecule has 0 saturated heterocycles. The van der Waals surface area contributed by atoms with Gasteiger partial charge in [-0.3, -0.25) is 0 Å². The molecule has 0 aliphatic heterocycles. The second kappa shape index (κ2) is 4.53. The van der Waals surface area contributed by atoms with Crippen molar-refractivity contribution >= 4 is 0 Å². The van der Waals surface area contributed by atoms with Crippen molar-refractivity contribution in [3.63, 3.8) is 0 Å². The molecule has 0 bridgehead atoms. The van der Waals surface area contributed by atoms with Gasteiger partial charge in [-0.05, 0) is 43.0 Å². The molecule has 1 fully saturated rings. The molecule has 1 aromatic rings. The van der Waals surface area contributed by atoms with Gasteiger partial charge in [0.15, 0.2) is 0 Å². The van der Waals surface area contributed by atoms with Crippen LogP contribution in [0.25, 0.3) is 0 Å². The van der Waals surface area contributed by atoms with Gasteiger partial charge in [-0.15, -0.1) is 0 Å². The van der Waals surface area contributed by atoms with Crippen molar-refractivity contribution < 1.29 is 14.9 Å². The summed E-state index contributed by atoms with van der Waals surface area (Å²) in [6, 6.07) is 6.54. The molecule has 2 N–H and O–H groups in total. The van der Waals surface area contributed by atoms with Crippen LogP contribution in [-0.4, -0.2) is 22.9 Å². The van der Waals surface area contributed by atoms with Crippen LogP contribution in [0.15, 0.2) is 24.3 Å². The number of aromatic hydroxyl groups is 1. The van der Waals surface area contributed by atoms with Gasteiger partial charge in [0.1, 0.15) is 18.1 Å². The van der Waals surface area contributed by atoms with Gasteiger partial charge in [0.25, 0.3) is 0 Å². The number of hydrogen-bond acceptors (Lipinski definition) is 3. The van der Waals surface area contributed by atoms with Crippen LogP contribution >= 0.6 is 0 Å². The maximum absolute atomic E-state index is 9.71. The maximum atomic E-state index is 9.71. The molecule has 0 radical (unpaired) electrons. The van der Waals surface area contributed by atoms with E-state index in [1.807, 2.05) is 0 Å². The normalized spacial score (nSPS) is 18.2. The van der Waals surface area contributed by atoms with Crippen molar-refractivity contribution in [1.82, 2.24) is 0 Å². The van der Waals surface area contributed by atoms with E-state index < -0.39 is 0 Å². The Morgan fingerprint density at radius 3 is 2.47 bits per heavy atom. The minimum atomic E-state index is -0.354. The zero-order valence-corrected chi connectivity index (χ0v) is 8.60. The Hall–Kier alpha value is -1.22. The zero-order chi connectivity index (χ0) is 10.7. The molecule has 2 rings (SSSR count). The molecular weight excluding hydrogens is 192 g/mol. The molecule has 1 saturated carbocycles. The summed E-state index contributed by atoms with van der Waals surface area (Å²) < 4.78 is 5.42. The van der Waals surface area contributed by atoms with Crippen LogP contribution in [0.1, 0.15) is 19.3 Å². The fourth-order valence-electron chi connectivity index (χ4n) is 1.68. The standard InChI is InChI=1S/C12H16O3/c13-10-4-6-11(7-5-10)15-8-12(14)9-2-1-3-9/h4-7,9,12-14H,1-3,8H2. The summed E-state index contributed by atoms with van der Waals surface area (Å²) in [5.41, 5.74) is 0. The smallest absolute Gasteiger partial charge is 0.119 e. The molecule has 3 heteroatoms. The van der Waals surface area contributed by atoms with Gasteiger partial charge in [-0.2, -0.15) is 0 Å². The van der Waals surface area contributed by atoms with Gasteiger partial charge in [-0.25, -0.2) is 0 Å². The minimum Gasteiger partial charge on any atom is -0.508 e. The summed E-state index contributed by atoms with van der Waals surface area (Å²) in [4.78, 5) is 0. The number of ether oxygens (including phenoxy) is 1. The molecule has 0 spiro atoms. The monoisotopic (exact) mass is 208 g/mol. The summed E-state index contributed by atoms with van der Waals surface area (Å²) in [7, 11) is 0. The highest BCUT2D eigenvalue weighted by molar-refractivity contribution is 5.30. The Kier molecular flexibility index (Phi) is 3.11. The molecule has 1 aliphatic carbocycles. The lowest BCUT2D eigenvalue weighted by molar-refractivity contribution is 0.0241. The fraction of sp³-hybridized carbons (Fsp3) is 0.500. The van der Waals surface area contributed by atoms with Gasteiger partial charge in [0.05, 0.1) is 6.10 Å². The van der Waals surface area contributed by atoms with E-state index in [9.17, 15) is 5.11 Å².